The summed E-state index contributed by atoms with van der Waals surface area (Å²) in [5.41, 5.74) is 5.74. The molecule has 0 saturated carbocycles. The summed E-state index contributed by atoms with van der Waals surface area (Å²) < 4.78 is 0. The molecule has 0 fully saturated rings. The molecule has 0 radical (unpaired) electrons. The Balaban J connectivity index is 2.01. The van der Waals surface area contributed by atoms with Crippen molar-refractivity contribution in [3.8, 4) is 11.1 Å². The van der Waals surface area contributed by atoms with E-state index in [0.717, 1.165) is 24.2 Å². The monoisotopic (exact) mass is 309 g/mol. The maximum absolute atomic E-state index is 10.9. The standard InChI is InChI=1S/C21H27NO/c1-3-5-14-22(15-6-4-2)19-13-9-12-17-16-10-7-8-11-18(16)21(23)20(17)19/h7-13,21,23H,3-6,14-15H2,1-2H3. The van der Waals surface area contributed by atoms with E-state index in [1.807, 2.05) is 12.1 Å². The average Bonchev–Trinajstić information content (AvgIpc) is 2.89. The topological polar surface area (TPSA) is 23.5 Å². The Morgan fingerprint density at radius 3 is 2.22 bits per heavy atom. The van der Waals surface area contributed by atoms with Crippen molar-refractivity contribution < 1.29 is 5.11 Å². The minimum Gasteiger partial charge on any atom is -0.384 e. The molecule has 2 aromatic carbocycles. The largest absolute Gasteiger partial charge is 0.384 e. The Hall–Kier alpha value is -1.80. The van der Waals surface area contributed by atoms with Crippen LogP contribution in [0.15, 0.2) is 42.5 Å². The first-order chi connectivity index (χ1) is 11.3. The molecule has 2 heteroatoms. The Bertz CT molecular complexity index is 657. The number of nitrogens with zero attached hydrogens (tertiary/aromatic N) is 1. The van der Waals surface area contributed by atoms with Crippen molar-refractivity contribution in [2.45, 2.75) is 45.6 Å². The number of aliphatic hydroxyl groups is 1. The normalized spacial score (nSPS) is 15.3. The summed E-state index contributed by atoms with van der Waals surface area (Å²) in [6, 6.07) is 14.7. The Kier molecular flexibility index (Phi) is 5.02. The third kappa shape index (κ3) is 3.00. The minimum atomic E-state index is -0.497. The fourth-order valence-corrected chi connectivity index (χ4v) is 3.54. The zero-order chi connectivity index (χ0) is 16.2. The van der Waals surface area contributed by atoms with Gasteiger partial charge in [0, 0.05) is 24.3 Å². The van der Waals surface area contributed by atoms with Gasteiger partial charge in [-0.1, -0.05) is 63.1 Å². The van der Waals surface area contributed by atoms with E-state index in [9.17, 15) is 5.11 Å². The summed E-state index contributed by atoms with van der Waals surface area (Å²) in [6.45, 7) is 6.60. The van der Waals surface area contributed by atoms with Crippen LogP contribution in [0.3, 0.4) is 0 Å². The molecule has 2 aromatic rings. The first-order valence-electron chi connectivity index (χ1n) is 8.93. The second-order valence-corrected chi connectivity index (χ2v) is 6.42. The van der Waals surface area contributed by atoms with Crippen LogP contribution in [0.25, 0.3) is 11.1 Å². The molecule has 0 aromatic heterocycles. The third-order valence-corrected chi connectivity index (χ3v) is 4.81. The highest BCUT2D eigenvalue weighted by Crippen LogP contribution is 2.47. The van der Waals surface area contributed by atoms with Gasteiger partial charge in [-0.15, -0.1) is 0 Å². The highest BCUT2D eigenvalue weighted by Gasteiger charge is 2.30. The van der Waals surface area contributed by atoms with Crippen LogP contribution >= 0.6 is 0 Å². The molecule has 1 aliphatic rings. The summed E-state index contributed by atoms with van der Waals surface area (Å²) in [4.78, 5) is 2.47. The number of unbranched alkanes of at least 4 members (excludes halogenated alkanes) is 2. The first-order valence-corrected chi connectivity index (χ1v) is 8.93. The van der Waals surface area contributed by atoms with Gasteiger partial charge in [0.05, 0.1) is 0 Å². The van der Waals surface area contributed by atoms with Crippen LogP contribution in [-0.2, 0) is 0 Å². The lowest BCUT2D eigenvalue weighted by Gasteiger charge is -2.28. The van der Waals surface area contributed by atoms with Crippen LogP contribution in [-0.4, -0.2) is 18.2 Å². The number of benzene rings is 2. The van der Waals surface area contributed by atoms with Crippen molar-refractivity contribution in [3.05, 3.63) is 53.6 Å². The fraction of sp³-hybridized carbons (Fsp3) is 0.429. The Labute approximate surface area is 139 Å². The van der Waals surface area contributed by atoms with Gasteiger partial charge in [-0.05, 0) is 35.6 Å². The van der Waals surface area contributed by atoms with Crippen molar-refractivity contribution in [2.24, 2.45) is 0 Å². The second kappa shape index (κ2) is 7.18. The second-order valence-electron chi connectivity index (χ2n) is 6.42. The lowest BCUT2D eigenvalue weighted by Crippen LogP contribution is -2.27. The molecule has 1 N–H and O–H groups in total. The summed E-state index contributed by atoms with van der Waals surface area (Å²) in [6.07, 6.45) is 4.27. The van der Waals surface area contributed by atoms with E-state index in [-0.39, 0.29) is 0 Å². The van der Waals surface area contributed by atoms with Gasteiger partial charge < -0.3 is 10.0 Å². The van der Waals surface area contributed by atoms with E-state index in [1.54, 1.807) is 0 Å². The predicted octanol–water partition coefficient (Wildman–Crippen LogP) is 5.16. The fourth-order valence-electron chi connectivity index (χ4n) is 3.54. The van der Waals surface area contributed by atoms with Gasteiger partial charge in [0.15, 0.2) is 0 Å². The number of rotatable bonds is 7. The maximum atomic E-state index is 10.9. The van der Waals surface area contributed by atoms with Crippen molar-refractivity contribution in [1.29, 1.82) is 0 Å². The van der Waals surface area contributed by atoms with Crippen LogP contribution < -0.4 is 4.90 Å². The molecule has 23 heavy (non-hydrogen) atoms. The molecule has 0 bridgehead atoms. The van der Waals surface area contributed by atoms with Crippen LogP contribution in [0, 0.1) is 0 Å². The molecule has 0 heterocycles. The first kappa shape index (κ1) is 16.1. The molecule has 0 spiro atoms. The van der Waals surface area contributed by atoms with Crippen molar-refractivity contribution in [2.75, 3.05) is 18.0 Å². The zero-order valence-electron chi connectivity index (χ0n) is 14.3. The number of anilines is 1. The van der Waals surface area contributed by atoms with Gasteiger partial charge in [-0.2, -0.15) is 0 Å². The molecule has 1 unspecified atom stereocenters. The molecule has 1 atom stereocenters. The van der Waals surface area contributed by atoms with Crippen LogP contribution in [0.5, 0.6) is 0 Å². The predicted molar refractivity (Wildman–Crippen MR) is 98.0 cm³/mol. The van der Waals surface area contributed by atoms with E-state index in [1.165, 1.54) is 42.5 Å². The van der Waals surface area contributed by atoms with Crippen molar-refractivity contribution in [1.82, 2.24) is 0 Å². The Morgan fingerprint density at radius 2 is 1.52 bits per heavy atom. The van der Waals surface area contributed by atoms with Gasteiger partial charge in [0.2, 0.25) is 0 Å². The van der Waals surface area contributed by atoms with Crippen LogP contribution in [0.4, 0.5) is 5.69 Å². The molecule has 0 saturated heterocycles. The lowest BCUT2D eigenvalue weighted by atomic mass is 10.0. The van der Waals surface area contributed by atoms with E-state index >= 15 is 0 Å². The van der Waals surface area contributed by atoms with E-state index in [2.05, 4.69) is 49.1 Å². The highest BCUT2D eigenvalue weighted by molar-refractivity contribution is 5.83. The van der Waals surface area contributed by atoms with Gasteiger partial charge in [-0.3, -0.25) is 0 Å². The molecule has 1 aliphatic carbocycles. The average molecular weight is 309 g/mol. The highest BCUT2D eigenvalue weighted by atomic mass is 16.3. The van der Waals surface area contributed by atoms with Gasteiger partial charge in [0.25, 0.3) is 0 Å². The summed E-state index contributed by atoms with van der Waals surface area (Å²) in [5, 5.41) is 10.9. The van der Waals surface area contributed by atoms with Gasteiger partial charge in [0.1, 0.15) is 6.10 Å². The number of hydrogen-bond donors (Lipinski definition) is 1. The molecular formula is C21H27NO. The number of hydrogen-bond acceptors (Lipinski definition) is 2. The maximum Gasteiger partial charge on any atom is 0.107 e. The van der Waals surface area contributed by atoms with Crippen LogP contribution in [0.1, 0.15) is 56.8 Å². The smallest absolute Gasteiger partial charge is 0.107 e. The molecular weight excluding hydrogens is 282 g/mol. The van der Waals surface area contributed by atoms with Crippen molar-refractivity contribution >= 4 is 5.69 Å². The summed E-state index contributed by atoms with van der Waals surface area (Å²) in [7, 11) is 0. The Morgan fingerprint density at radius 1 is 0.870 bits per heavy atom. The molecule has 2 nitrogen and oxygen atoms in total. The minimum absolute atomic E-state index is 0.497. The molecule has 122 valence electrons. The quantitative estimate of drug-likeness (QED) is 0.764. The number of aliphatic hydroxyl groups excluding tert-OH is 1. The van der Waals surface area contributed by atoms with E-state index < -0.39 is 6.10 Å². The van der Waals surface area contributed by atoms with E-state index in [0.29, 0.717) is 0 Å². The van der Waals surface area contributed by atoms with Gasteiger partial charge in [-0.25, -0.2) is 0 Å². The SMILES string of the molecule is CCCCN(CCCC)c1cccc2c1C(O)c1ccccc1-2. The van der Waals surface area contributed by atoms with Gasteiger partial charge >= 0.3 is 0 Å². The van der Waals surface area contributed by atoms with Crippen LogP contribution in [0.2, 0.25) is 0 Å². The molecule has 3 rings (SSSR count). The lowest BCUT2D eigenvalue weighted by molar-refractivity contribution is 0.225. The van der Waals surface area contributed by atoms with E-state index in [4.69, 9.17) is 0 Å². The zero-order valence-corrected chi connectivity index (χ0v) is 14.3. The molecule has 0 amide bonds. The van der Waals surface area contributed by atoms with Crippen molar-refractivity contribution in [3.63, 3.8) is 0 Å². The summed E-state index contributed by atoms with van der Waals surface area (Å²) >= 11 is 0. The number of fused-ring (bicyclic) bond motifs is 3. The summed E-state index contributed by atoms with van der Waals surface area (Å²) in [5.74, 6) is 0. The third-order valence-electron chi connectivity index (χ3n) is 4.81. The molecule has 0 aliphatic heterocycles.